The summed E-state index contributed by atoms with van der Waals surface area (Å²) in [5.41, 5.74) is 0.603. The van der Waals surface area contributed by atoms with Gasteiger partial charge in [-0.05, 0) is 27.7 Å². The topological polar surface area (TPSA) is 75.4 Å². The van der Waals surface area contributed by atoms with Gasteiger partial charge in [-0.3, -0.25) is 14.3 Å². The molecule has 0 aliphatic rings. The summed E-state index contributed by atoms with van der Waals surface area (Å²) >= 11 is 0. The summed E-state index contributed by atoms with van der Waals surface area (Å²) in [5, 5.41) is 12.9. The molecule has 0 aromatic carbocycles. The number of amides is 1. The summed E-state index contributed by atoms with van der Waals surface area (Å²) in [6.45, 7) is 6.87. The van der Waals surface area contributed by atoms with Gasteiger partial charge in [0.25, 0.3) is 5.91 Å². The highest BCUT2D eigenvalue weighted by atomic mass is 16.4. The Balaban J connectivity index is 3.11. The summed E-state index contributed by atoms with van der Waals surface area (Å²) in [6, 6.07) is 0. The number of carbonyl (C=O) groups is 2. The van der Waals surface area contributed by atoms with Crippen molar-refractivity contribution in [3.8, 4) is 0 Å². The van der Waals surface area contributed by atoms with E-state index in [0.29, 0.717) is 5.56 Å². The number of aliphatic carboxylic acids is 1. The molecular formula is C12H19N3O3. The molecule has 0 atom stereocenters. The van der Waals surface area contributed by atoms with Crippen molar-refractivity contribution in [3.05, 3.63) is 17.5 Å². The summed E-state index contributed by atoms with van der Waals surface area (Å²) in [5.74, 6) is -1.34. The first kappa shape index (κ1) is 14.2. The molecule has 0 unspecified atom stereocenters. The van der Waals surface area contributed by atoms with Crippen LogP contribution in [0.2, 0.25) is 0 Å². The molecule has 1 rings (SSSR count). The van der Waals surface area contributed by atoms with Crippen LogP contribution in [0.5, 0.6) is 0 Å². The molecule has 0 radical (unpaired) electrons. The molecule has 0 aliphatic carbocycles. The monoisotopic (exact) mass is 253 g/mol. The summed E-state index contributed by atoms with van der Waals surface area (Å²) in [7, 11) is 1.74. The molecule has 1 aromatic heterocycles. The van der Waals surface area contributed by atoms with Crippen LogP contribution >= 0.6 is 0 Å². The Bertz CT molecular complexity index is 471. The van der Waals surface area contributed by atoms with E-state index in [2.05, 4.69) is 5.10 Å². The van der Waals surface area contributed by atoms with Gasteiger partial charge in [0, 0.05) is 18.3 Å². The number of carboxylic acid groups (broad SMARTS) is 1. The van der Waals surface area contributed by atoms with E-state index in [1.807, 2.05) is 0 Å². The van der Waals surface area contributed by atoms with Crippen molar-refractivity contribution in [2.75, 3.05) is 6.54 Å². The van der Waals surface area contributed by atoms with E-state index in [0.717, 1.165) is 5.69 Å². The van der Waals surface area contributed by atoms with Crippen molar-refractivity contribution < 1.29 is 14.7 Å². The molecule has 18 heavy (non-hydrogen) atoms. The van der Waals surface area contributed by atoms with E-state index in [1.54, 1.807) is 39.4 Å². The molecule has 1 aromatic rings. The third-order valence-electron chi connectivity index (χ3n) is 2.81. The molecule has 100 valence electrons. The quantitative estimate of drug-likeness (QED) is 0.873. The van der Waals surface area contributed by atoms with Gasteiger partial charge in [0.1, 0.15) is 6.54 Å². The van der Waals surface area contributed by atoms with Crippen molar-refractivity contribution in [2.45, 2.75) is 33.2 Å². The van der Waals surface area contributed by atoms with Crippen molar-refractivity contribution in [3.63, 3.8) is 0 Å². The van der Waals surface area contributed by atoms with Crippen LogP contribution in [0.15, 0.2) is 6.20 Å². The average Bonchev–Trinajstić information content (AvgIpc) is 2.54. The Morgan fingerprint density at radius 3 is 2.33 bits per heavy atom. The molecule has 6 heteroatoms. The lowest BCUT2D eigenvalue weighted by Crippen LogP contribution is -2.48. The lowest BCUT2D eigenvalue weighted by Gasteiger charge is -2.34. The maximum absolute atomic E-state index is 12.4. The minimum Gasteiger partial charge on any atom is -0.480 e. The van der Waals surface area contributed by atoms with Crippen LogP contribution in [0.3, 0.4) is 0 Å². The van der Waals surface area contributed by atoms with Gasteiger partial charge >= 0.3 is 5.97 Å². The predicted molar refractivity (Wildman–Crippen MR) is 66.4 cm³/mol. The molecule has 6 nitrogen and oxygen atoms in total. The normalized spacial score (nSPS) is 11.4. The van der Waals surface area contributed by atoms with E-state index >= 15 is 0 Å². The van der Waals surface area contributed by atoms with Gasteiger partial charge in [-0.25, -0.2) is 0 Å². The first-order valence-corrected chi connectivity index (χ1v) is 5.67. The molecular weight excluding hydrogens is 234 g/mol. The van der Waals surface area contributed by atoms with Crippen LogP contribution in [0.1, 0.15) is 36.8 Å². The van der Waals surface area contributed by atoms with Crippen LogP contribution in [0.4, 0.5) is 0 Å². The Morgan fingerprint density at radius 2 is 2.00 bits per heavy atom. The highest BCUT2D eigenvalue weighted by Gasteiger charge is 2.30. The molecule has 0 saturated heterocycles. The minimum absolute atomic E-state index is 0.310. The second-order valence-electron chi connectivity index (χ2n) is 5.22. The molecule has 0 spiro atoms. The average molecular weight is 253 g/mol. The Kier molecular flexibility index (Phi) is 3.79. The van der Waals surface area contributed by atoms with Crippen LogP contribution in [0, 0.1) is 6.92 Å². The Morgan fingerprint density at radius 1 is 1.44 bits per heavy atom. The number of carboxylic acids is 1. The number of nitrogens with zero attached hydrogens (tertiary/aromatic N) is 3. The molecule has 0 aliphatic heterocycles. The minimum atomic E-state index is -1.03. The third kappa shape index (κ3) is 2.88. The fourth-order valence-electron chi connectivity index (χ4n) is 1.60. The lowest BCUT2D eigenvalue weighted by atomic mass is 10.0. The molecule has 1 heterocycles. The number of aryl methyl sites for hydroxylation is 1. The van der Waals surface area contributed by atoms with Crippen molar-refractivity contribution in [2.24, 2.45) is 7.05 Å². The van der Waals surface area contributed by atoms with E-state index in [1.165, 1.54) is 11.1 Å². The second kappa shape index (κ2) is 4.80. The van der Waals surface area contributed by atoms with E-state index in [-0.39, 0.29) is 12.5 Å². The van der Waals surface area contributed by atoms with Crippen molar-refractivity contribution in [1.82, 2.24) is 14.7 Å². The van der Waals surface area contributed by atoms with Gasteiger partial charge in [-0.1, -0.05) is 0 Å². The van der Waals surface area contributed by atoms with Crippen LogP contribution < -0.4 is 0 Å². The molecule has 1 amide bonds. The van der Waals surface area contributed by atoms with Crippen molar-refractivity contribution in [1.29, 1.82) is 0 Å². The Hall–Kier alpha value is -1.85. The number of hydrogen-bond donors (Lipinski definition) is 1. The maximum atomic E-state index is 12.4. The standard InChI is InChI=1S/C12H19N3O3/c1-8-9(6-13-14(8)5)11(18)15(7-10(16)17)12(2,3)4/h6H,7H2,1-5H3,(H,16,17). The SMILES string of the molecule is Cc1c(C(=O)N(CC(=O)O)C(C)(C)C)cnn1C. The maximum Gasteiger partial charge on any atom is 0.323 e. The van der Waals surface area contributed by atoms with Gasteiger partial charge in [0.2, 0.25) is 0 Å². The largest absolute Gasteiger partial charge is 0.480 e. The van der Waals surface area contributed by atoms with Gasteiger partial charge < -0.3 is 10.0 Å². The molecule has 0 fully saturated rings. The number of rotatable bonds is 3. The second-order valence-corrected chi connectivity index (χ2v) is 5.22. The van der Waals surface area contributed by atoms with Crippen LogP contribution in [-0.2, 0) is 11.8 Å². The zero-order valence-corrected chi connectivity index (χ0v) is 11.4. The zero-order valence-electron chi connectivity index (χ0n) is 11.4. The van der Waals surface area contributed by atoms with Crippen LogP contribution in [-0.4, -0.2) is 43.7 Å². The third-order valence-corrected chi connectivity index (χ3v) is 2.81. The predicted octanol–water partition coefficient (Wildman–Crippen LogP) is 1.05. The summed E-state index contributed by atoms with van der Waals surface area (Å²) in [6.07, 6.45) is 1.47. The molecule has 1 N–H and O–H groups in total. The highest BCUT2D eigenvalue weighted by molar-refractivity contribution is 5.97. The summed E-state index contributed by atoms with van der Waals surface area (Å²) in [4.78, 5) is 24.6. The van der Waals surface area contributed by atoms with E-state index < -0.39 is 11.5 Å². The zero-order chi connectivity index (χ0) is 14.1. The van der Waals surface area contributed by atoms with Crippen molar-refractivity contribution >= 4 is 11.9 Å². The first-order valence-electron chi connectivity index (χ1n) is 5.67. The van der Waals surface area contributed by atoms with E-state index in [9.17, 15) is 9.59 Å². The number of hydrogen-bond acceptors (Lipinski definition) is 3. The number of carbonyl (C=O) groups excluding carboxylic acids is 1. The van der Waals surface area contributed by atoms with Gasteiger partial charge in [0.05, 0.1) is 11.8 Å². The van der Waals surface area contributed by atoms with Gasteiger partial charge in [-0.15, -0.1) is 0 Å². The fourth-order valence-corrected chi connectivity index (χ4v) is 1.60. The summed E-state index contributed by atoms with van der Waals surface area (Å²) < 4.78 is 1.59. The van der Waals surface area contributed by atoms with E-state index in [4.69, 9.17) is 5.11 Å². The van der Waals surface area contributed by atoms with Crippen LogP contribution in [0.25, 0.3) is 0 Å². The molecule has 0 bridgehead atoms. The number of aromatic nitrogens is 2. The Labute approximate surface area is 106 Å². The smallest absolute Gasteiger partial charge is 0.323 e. The van der Waals surface area contributed by atoms with Gasteiger partial charge in [-0.2, -0.15) is 5.10 Å². The van der Waals surface area contributed by atoms with Gasteiger partial charge in [0.15, 0.2) is 0 Å². The lowest BCUT2D eigenvalue weighted by molar-refractivity contribution is -0.138. The molecule has 0 saturated carbocycles. The first-order chi connectivity index (χ1) is 8.14. The fraction of sp³-hybridized carbons (Fsp3) is 0.583. The highest BCUT2D eigenvalue weighted by Crippen LogP contribution is 2.18.